The highest BCUT2D eigenvalue weighted by Crippen LogP contribution is 2.23. The third-order valence-electron chi connectivity index (χ3n) is 2.01. The summed E-state index contributed by atoms with van der Waals surface area (Å²) in [7, 11) is 3.15. The predicted molar refractivity (Wildman–Crippen MR) is 65.4 cm³/mol. The van der Waals surface area contributed by atoms with Crippen LogP contribution in [0.1, 0.15) is 5.56 Å². The maximum atomic E-state index is 10.3. The van der Waals surface area contributed by atoms with Gasteiger partial charge in [-0.1, -0.05) is 18.2 Å². The fourth-order valence-electron chi connectivity index (χ4n) is 1.23. The quantitative estimate of drug-likeness (QED) is 0.627. The molecule has 0 aliphatic heterocycles. The van der Waals surface area contributed by atoms with E-state index in [0.29, 0.717) is 11.5 Å². The van der Waals surface area contributed by atoms with Crippen molar-refractivity contribution < 1.29 is 19.4 Å². The van der Waals surface area contributed by atoms with Crippen LogP contribution in [0.4, 0.5) is 0 Å². The molecule has 0 aliphatic carbocycles. The number of methoxy groups -OCH3 is 2. The van der Waals surface area contributed by atoms with Gasteiger partial charge in [-0.3, -0.25) is 0 Å². The van der Waals surface area contributed by atoms with Gasteiger partial charge in [-0.2, -0.15) is 0 Å². The van der Waals surface area contributed by atoms with Crippen molar-refractivity contribution >= 4 is 12.0 Å². The first-order chi connectivity index (χ1) is 8.15. The molecule has 1 aromatic rings. The van der Waals surface area contributed by atoms with Crippen LogP contribution in [-0.2, 0) is 4.79 Å². The molecule has 0 bridgehead atoms. The minimum Gasteiger partial charge on any atom is -0.497 e. The number of hydrogen-bond acceptors (Lipinski definition) is 3. The van der Waals surface area contributed by atoms with E-state index in [1.807, 2.05) is 12.1 Å². The van der Waals surface area contributed by atoms with Crippen LogP contribution < -0.4 is 9.47 Å². The molecular weight excluding hydrogens is 220 g/mol. The van der Waals surface area contributed by atoms with Gasteiger partial charge in [0.05, 0.1) is 14.2 Å². The number of aliphatic carboxylic acids is 1. The lowest BCUT2D eigenvalue weighted by atomic mass is 10.2. The van der Waals surface area contributed by atoms with Crippen molar-refractivity contribution in [3.63, 3.8) is 0 Å². The fraction of sp³-hybridized carbons (Fsp3) is 0.154. The maximum Gasteiger partial charge on any atom is 0.328 e. The number of carbonyl (C=O) groups is 1. The molecule has 0 aliphatic rings. The smallest absolute Gasteiger partial charge is 0.328 e. The molecule has 0 saturated heterocycles. The lowest BCUT2D eigenvalue weighted by Crippen LogP contribution is -1.88. The van der Waals surface area contributed by atoms with Gasteiger partial charge in [-0.15, -0.1) is 0 Å². The molecule has 0 radical (unpaired) electrons. The van der Waals surface area contributed by atoms with Gasteiger partial charge in [0.15, 0.2) is 0 Å². The zero-order chi connectivity index (χ0) is 12.7. The van der Waals surface area contributed by atoms with Crippen LogP contribution >= 0.6 is 0 Å². The molecule has 0 fully saturated rings. The van der Waals surface area contributed by atoms with E-state index in [1.54, 1.807) is 32.4 Å². The van der Waals surface area contributed by atoms with Crippen LogP contribution in [0.15, 0.2) is 36.4 Å². The summed E-state index contributed by atoms with van der Waals surface area (Å²) in [6, 6.07) is 5.42. The monoisotopic (exact) mass is 234 g/mol. The van der Waals surface area contributed by atoms with Crippen molar-refractivity contribution in [2.45, 2.75) is 0 Å². The number of carboxylic acids is 1. The molecule has 0 atom stereocenters. The molecule has 0 unspecified atom stereocenters. The van der Waals surface area contributed by atoms with Gasteiger partial charge in [0, 0.05) is 12.1 Å². The molecule has 0 spiro atoms. The molecule has 0 amide bonds. The van der Waals surface area contributed by atoms with Crippen LogP contribution in [0.25, 0.3) is 6.08 Å². The topological polar surface area (TPSA) is 55.8 Å². The van der Waals surface area contributed by atoms with E-state index in [2.05, 4.69) is 0 Å². The highest BCUT2D eigenvalue weighted by atomic mass is 16.5. The van der Waals surface area contributed by atoms with E-state index in [4.69, 9.17) is 14.6 Å². The van der Waals surface area contributed by atoms with Crippen molar-refractivity contribution in [2.24, 2.45) is 0 Å². The van der Waals surface area contributed by atoms with Gasteiger partial charge >= 0.3 is 5.97 Å². The second-order valence-electron chi connectivity index (χ2n) is 3.20. The summed E-state index contributed by atoms with van der Waals surface area (Å²) in [5.74, 6) is 0.398. The van der Waals surface area contributed by atoms with Gasteiger partial charge in [0.2, 0.25) is 0 Å². The summed E-state index contributed by atoms with van der Waals surface area (Å²) in [6.07, 6.45) is 5.93. The Balaban J connectivity index is 2.86. The number of allylic oxidation sites excluding steroid dienone is 2. The minimum absolute atomic E-state index is 0.686. The molecule has 17 heavy (non-hydrogen) atoms. The van der Waals surface area contributed by atoms with E-state index < -0.39 is 5.97 Å². The zero-order valence-corrected chi connectivity index (χ0v) is 9.71. The summed E-state index contributed by atoms with van der Waals surface area (Å²) >= 11 is 0. The van der Waals surface area contributed by atoms with E-state index in [1.165, 1.54) is 6.08 Å². The van der Waals surface area contributed by atoms with Crippen molar-refractivity contribution in [1.29, 1.82) is 0 Å². The normalized spacial score (nSPS) is 10.9. The van der Waals surface area contributed by atoms with Crippen LogP contribution in [-0.4, -0.2) is 25.3 Å². The molecule has 1 N–H and O–H groups in total. The number of benzene rings is 1. The molecule has 1 aromatic carbocycles. The van der Waals surface area contributed by atoms with Gasteiger partial charge in [-0.05, 0) is 17.7 Å². The van der Waals surface area contributed by atoms with E-state index >= 15 is 0 Å². The molecular formula is C13H14O4. The molecule has 4 nitrogen and oxygen atoms in total. The fourth-order valence-corrected chi connectivity index (χ4v) is 1.23. The van der Waals surface area contributed by atoms with Crippen molar-refractivity contribution in [3.05, 3.63) is 42.0 Å². The average Bonchev–Trinajstić information content (AvgIpc) is 2.34. The third kappa shape index (κ3) is 4.42. The third-order valence-corrected chi connectivity index (χ3v) is 2.01. The van der Waals surface area contributed by atoms with Gasteiger partial charge in [-0.25, -0.2) is 4.79 Å². The predicted octanol–water partition coefficient (Wildman–Crippen LogP) is 2.36. The Kier molecular flexibility index (Phi) is 4.81. The largest absolute Gasteiger partial charge is 0.497 e. The number of hydrogen-bond donors (Lipinski definition) is 1. The highest BCUT2D eigenvalue weighted by Gasteiger charge is 1.98. The SMILES string of the molecule is COc1cc(/C=C/C=C/C(=O)O)cc(OC)c1. The second kappa shape index (κ2) is 6.37. The van der Waals surface area contributed by atoms with Crippen LogP contribution in [0.3, 0.4) is 0 Å². The molecule has 1 rings (SSSR count). The number of rotatable bonds is 5. The lowest BCUT2D eigenvalue weighted by Gasteiger charge is -2.05. The van der Waals surface area contributed by atoms with E-state index in [-0.39, 0.29) is 0 Å². The van der Waals surface area contributed by atoms with E-state index in [0.717, 1.165) is 11.6 Å². The lowest BCUT2D eigenvalue weighted by molar-refractivity contribution is -0.131. The zero-order valence-electron chi connectivity index (χ0n) is 9.71. The second-order valence-corrected chi connectivity index (χ2v) is 3.20. The van der Waals surface area contributed by atoms with E-state index in [9.17, 15) is 4.79 Å². The van der Waals surface area contributed by atoms with Crippen LogP contribution in [0.5, 0.6) is 11.5 Å². The Bertz CT molecular complexity index is 424. The summed E-state index contributed by atoms with van der Waals surface area (Å²) < 4.78 is 10.2. The summed E-state index contributed by atoms with van der Waals surface area (Å²) in [5.41, 5.74) is 0.872. The van der Waals surface area contributed by atoms with Gasteiger partial charge < -0.3 is 14.6 Å². The van der Waals surface area contributed by atoms with Crippen LogP contribution in [0.2, 0.25) is 0 Å². The summed E-state index contributed by atoms with van der Waals surface area (Å²) in [5, 5.41) is 8.41. The Morgan fingerprint density at radius 1 is 1.12 bits per heavy atom. The minimum atomic E-state index is -0.974. The Morgan fingerprint density at radius 3 is 2.18 bits per heavy atom. The van der Waals surface area contributed by atoms with Crippen molar-refractivity contribution in [3.8, 4) is 11.5 Å². The molecule has 0 heterocycles. The van der Waals surface area contributed by atoms with Crippen molar-refractivity contribution in [2.75, 3.05) is 14.2 Å². The van der Waals surface area contributed by atoms with Crippen LogP contribution in [0, 0.1) is 0 Å². The van der Waals surface area contributed by atoms with Crippen molar-refractivity contribution in [1.82, 2.24) is 0 Å². The number of carboxylic acid groups (broad SMARTS) is 1. The average molecular weight is 234 g/mol. The maximum absolute atomic E-state index is 10.3. The molecule has 90 valence electrons. The molecule has 4 heteroatoms. The summed E-state index contributed by atoms with van der Waals surface area (Å²) in [4.78, 5) is 10.3. The molecule has 0 aromatic heterocycles. The first kappa shape index (κ1) is 12.8. The Morgan fingerprint density at radius 2 is 1.71 bits per heavy atom. The first-order valence-corrected chi connectivity index (χ1v) is 4.96. The molecule has 0 saturated carbocycles. The number of ether oxygens (including phenoxy) is 2. The Hall–Kier alpha value is -2.23. The Labute approximate surface area is 99.8 Å². The first-order valence-electron chi connectivity index (χ1n) is 4.96. The standard InChI is InChI=1S/C13H14O4/c1-16-11-7-10(8-12(9-11)17-2)5-3-4-6-13(14)15/h3-9H,1-2H3,(H,14,15)/b5-3+,6-4+. The van der Waals surface area contributed by atoms with Gasteiger partial charge in [0.25, 0.3) is 0 Å². The van der Waals surface area contributed by atoms with Gasteiger partial charge in [0.1, 0.15) is 11.5 Å². The highest BCUT2D eigenvalue weighted by molar-refractivity contribution is 5.80. The summed E-state index contributed by atoms with van der Waals surface area (Å²) in [6.45, 7) is 0.